The van der Waals surface area contributed by atoms with Crippen molar-refractivity contribution in [3.05, 3.63) is 29.8 Å². The van der Waals surface area contributed by atoms with Crippen LogP contribution in [0, 0.1) is 0 Å². The molecular weight excluding hydrogens is 242 g/mol. The highest BCUT2D eigenvalue weighted by Gasteiger charge is 2.18. The fourth-order valence-corrected chi connectivity index (χ4v) is 3.83. The maximum atomic E-state index is 6.12. The Kier molecular flexibility index (Phi) is 4.11. The molecule has 0 aromatic heterocycles. The number of hydrogen-bond donors (Lipinski definition) is 1. The monoisotopic (exact) mass is 263 g/mol. The zero-order chi connectivity index (χ0) is 12.2. The molecular formula is C15H21NOS. The van der Waals surface area contributed by atoms with Crippen LogP contribution in [0.3, 0.4) is 0 Å². The smallest absolute Gasteiger partial charge is 0.120 e. The van der Waals surface area contributed by atoms with Gasteiger partial charge in [0.1, 0.15) is 11.9 Å². The van der Waals surface area contributed by atoms with E-state index in [0.717, 1.165) is 18.8 Å². The lowest BCUT2D eigenvalue weighted by Gasteiger charge is -2.23. The SMILES string of the molecule is c1cc(OC2CCSCC2)cc(C2CCNC2)c1. The van der Waals surface area contributed by atoms with Gasteiger partial charge in [-0.2, -0.15) is 11.8 Å². The van der Waals surface area contributed by atoms with Crippen LogP contribution in [0.2, 0.25) is 0 Å². The summed E-state index contributed by atoms with van der Waals surface area (Å²) in [5.74, 6) is 4.24. The molecule has 1 N–H and O–H groups in total. The summed E-state index contributed by atoms with van der Waals surface area (Å²) in [7, 11) is 0. The summed E-state index contributed by atoms with van der Waals surface area (Å²) in [4.78, 5) is 0. The van der Waals surface area contributed by atoms with E-state index < -0.39 is 0 Å². The number of rotatable bonds is 3. The van der Waals surface area contributed by atoms with Gasteiger partial charge in [-0.3, -0.25) is 0 Å². The number of ether oxygens (including phenoxy) is 1. The van der Waals surface area contributed by atoms with Gasteiger partial charge in [0.25, 0.3) is 0 Å². The second-order valence-corrected chi connectivity index (χ2v) is 6.42. The van der Waals surface area contributed by atoms with E-state index in [1.54, 1.807) is 0 Å². The minimum atomic E-state index is 0.434. The molecule has 1 aromatic rings. The highest BCUT2D eigenvalue weighted by molar-refractivity contribution is 7.99. The predicted molar refractivity (Wildman–Crippen MR) is 77.6 cm³/mol. The molecule has 0 spiro atoms. The third kappa shape index (κ3) is 3.01. The highest BCUT2D eigenvalue weighted by Crippen LogP contribution is 2.28. The van der Waals surface area contributed by atoms with Crippen molar-refractivity contribution in [3.63, 3.8) is 0 Å². The first-order chi connectivity index (χ1) is 8.92. The van der Waals surface area contributed by atoms with Gasteiger partial charge in [-0.15, -0.1) is 0 Å². The molecule has 2 heterocycles. The van der Waals surface area contributed by atoms with E-state index in [1.807, 2.05) is 11.8 Å². The maximum absolute atomic E-state index is 6.12. The minimum Gasteiger partial charge on any atom is -0.490 e. The molecule has 2 saturated heterocycles. The van der Waals surface area contributed by atoms with Crippen LogP contribution in [0.4, 0.5) is 0 Å². The molecule has 2 nitrogen and oxygen atoms in total. The summed E-state index contributed by atoms with van der Waals surface area (Å²) in [5, 5.41) is 3.43. The summed E-state index contributed by atoms with van der Waals surface area (Å²) in [6.45, 7) is 2.26. The second-order valence-electron chi connectivity index (χ2n) is 5.19. The lowest BCUT2D eigenvalue weighted by atomic mass is 9.98. The van der Waals surface area contributed by atoms with Crippen LogP contribution >= 0.6 is 11.8 Å². The Labute approximate surface area is 113 Å². The molecule has 3 heteroatoms. The third-order valence-electron chi connectivity index (χ3n) is 3.86. The molecule has 2 aliphatic heterocycles. The van der Waals surface area contributed by atoms with E-state index >= 15 is 0 Å². The van der Waals surface area contributed by atoms with Gasteiger partial charge in [-0.1, -0.05) is 12.1 Å². The fourth-order valence-electron chi connectivity index (χ4n) is 2.77. The van der Waals surface area contributed by atoms with Gasteiger partial charge in [0.2, 0.25) is 0 Å². The Morgan fingerprint density at radius 2 is 2.06 bits per heavy atom. The highest BCUT2D eigenvalue weighted by atomic mass is 32.2. The largest absolute Gasteiger partial charge is 0.490 e. The van der Waals surface area contributed by atoms with Crippen molar-refractivity contribution >= 4 is 11.8 Å². The van der Waals surface area contributed by atoms with Gasteiger partial charge in [0.05, 0.1) is 0 Å². The van der Waals surface area contributed by atoms with E-state index in [4.69, 9.17) is 4.74 Å². The van der Waals surface area contributed by atoms with E-state index in [9.17, 15) is 0 Å². The van der Waals surface area contributed by atoms with Crippen LogP contribution in [-0.4, -0.2) is 30.7 Å². The Morgan fingerprint density at radius 1 is 1.17 bits per heavy atom. The van der Waals surface area contributed by atoms with Gasteiger partial charge >= 0.3 is 0 Å². The number of hydrogen-bond acceptors (Lipinski definition) is 3. The molecule has 1 aromatic carbocycles. The average Bonchev–Trinajstić information content (AvgIpc) is 2.94. The molecule has 18 heavy (non-hydrogen) atoms. The number of benzene rings is 1. The number of nitrogens with one attached hydrogen (secondary N) is 1. The molecule has 0 saturated carbocycles. The molecule has 3 rings (SSSR count). The molecule has 0 amide bonds. The quantitative estimate of drug-likeness (QED) is 0.905. The van der Waals surface area contributed by atoms with Crippen molar-refractivity contribution in [2.24, 2.45) is 0 Å². The first kappa shape index (κ1) is 12.4. The lowest BCUT2D eigenvalue weighted by molar-refractivity contribution is 0.192. The molecule has 1 unspecified atom stereocenters. The Hall–Kier alpha value is -0.670. The first-order valence-electron chi connectivity index (χ1n) is 6.97. The second kappa shape index (κ2) is 5.98. The average molecular weight is 263 g/mol. The Morgan fingerprint density at radius 3 is 2.83 bits per heavy atom. The van der Waals surface area contributed by atoms with Crippen molar-refractivity contribution in [1.82, 2.24) is 5.32 Å². The van der Waals surface area contributed by atoms with Crippen LogP contribution in [0.1, 0.15) is 30.7 Å². The van der Waals surface area contributed by atoms with Crippen LogP contribution in [0.15, 0.2) is 24.3 Å². The molecule has 0 radical (unpaired) electrons. The van der Waals surface area contributed by atoms with E-state index in [2.05, 4.69) is 29.6 Å². The van der Waals surface area contributed by atoms with E-state index in [0.29, 0.717) is 12.0 Å². The van der Waals surface area contributed by atoms with Gasteiger partial charge in [-0.05, 0) is 60.9 Å². The van der Waals surface area contributed by atoms with Crippen LogP contribution in [0.25, 0.3) is 0 Å². The molecule has 98 valence electrons. The van der Waals surface area contributed by atoms with Crippen molar-refractivity contribution in [3.8, 4) is 5.75 Å². The van der Waals surface area contributed by atoms with Crippen LogP contribution in [-0.2, 0) is 0 Å². The third-order valence-corrected chi connectivity index (χ3v) is 4.91. The van der Waals surface area contributed by atoms with Crippen LogP contribution in [0.5, 0.6) is 5.75 Å². The van der Waals surface area contributed by atoms with Gasteiger partial charge in [-0.25, -0.2) is 0 Å². The summed E-state index contributed by atoms with van der Waals surface area (Å²) in [6, 6.07) is 8.73. The topological polar surface area (TPSA) is 21.3 Å². The van der Waals surface area contributed by atoms with E-state index in [1.165, 1.54) is 36.3 Å². The summed E-state index contributed by atoms with van der Waals surface area (Å²) >= 11 is 2.04. The molecule has 0 aliphatic carbocycles. The maximum Gasteiger partial charge on any atom is 0.120 e. The molecule has 0 bridgehead atoms. The predicted octanol–water partition coefficient (Wildman–Crippen LogP) is 3.04. The summed E-state index contributed by atoms with van der Waals surface area (Å²) in [5.41, 5.74) is 1.43. The van der Waals surface area contributed by atoms with Gasteiger partial charge in [0, 0.05) is 6.54 Å². The summed E-state index contributed by atoms with van der Waals surface area (Å²) in [6.07, 6.45) is 4.08. The van der Waals surface area contributed by atoms with Crippen molar-refractivity contribution in [2.75, 3.05) is 24.6 Å². The van der Waals surface area contributed by atoms with Crippen molar-refractivity contribution in [2.45, 2.75) is 31.3 Å². The number of thioether (sulfide) groups is 1. The fraction of sp³-hybridized carbons (Fsp3) is 0.600. The lowest BCUT2D eigenvalue weighted by Crippen LogP contribution is -2.22. The van der Waals surface area contributed by atoms with Gasteiger partial charge in [0.15, 0.2) is 0 Å². The zero-order valence-electron chi connectivity index (χ0n) is 10.7. The standard InChI is InChI=1S/C15H21NOS/c1-2-12(13-4-7-16-11-13)10-15(3-1)17-14-5-8-18-9-6-14/h1-3,10,13-14,16H,4-9,11H2. The van der Waals surface area contributed by atoms with E-state index in [-0.39, 0.29) is 0 Å². The van der Waals surface area contributed by atoms with Crippen molar-refractivity contribution in [1.29, 1.82) is 0 Å². The molecule has 2 aliphatic rings. The molecule has 2 fully saturated rings. The van der Waals surface area contributed by atoms with Gasteiger partial charge < -0.3 is 10.1 Å². The Balaban J connectivity index is 1.66. The summed E-state index contributed by atoms with van der Waals surface area (Å²) < 4.78 is 6.12. The normalized spacial score (nSPS) is 25.2. The molecule has 1 atom stereocenters. The minimum absolute atomic E-state index is 0.434. The van der Waals surface area contributed by atoms with Crippen molar-refractivity contribution < 1.29 is 4.74 Å². The first-order valence-corrected chi connectivity index (χ1v) is 8.12. The zero-order valence-corrected chi connectivity index (χ0v) is 11.5. The van der Waals surface area contributed by atoms with Crippen LogP contribution < -0.4 is 10.1 Å². The Bertz CT molecular complexity index is 384.